The number of amides is 1. The van der Waals surface area contributed by atoms with Crippen LogP contribution in [0.1, 0.15) is 119 Å². The molecule has 0 radical (unpaired) electrons. The molecule has 4 aliphatic carbocycles. The third-order valence-electron chi connectivity index (χ3n) is 11.1. The van der Waals surface area contributed by atoms with E-state index in [1.807, 2.05) is 0 Å². The normalized spacial score (nSPS) is 40.1. The number of hydrogen-bond donors (Lipinski definition) is 1. The molecule has 1 amide bonds. The average Bonchev–Trinajstić information content (AvgIpc) is 3.15. The number of hydrogen-bond acceptors (Lipinski definition) is 2. The lowest BCUT2D eigenvalue weighted by Crippen LogP contribution is -2.51. The number of carbonyl (C=O) groups is 1. The smallest absolute Gasteiger partial charge is 0.407 e. The summed E-state index contributed by atoms with van der Waals surface area (Å²) in [6.45, 7) is 15.3. The molecular formula is C31H53NO2. The molecule has 0 aromatic carbocycles. The van der Waals surface area contributed by atoms with E-state index < -0.39 is 0 Å². The van der Waals surface area contributed by atoms with Crippen LogP contribution in [-0.4, -0.2) is 18.7 Å². The van der Waals surface area contributed by atoms with Crippen molar-refractivity contribution in [2.75, 3.05) is 6.54 Å². The van der Waals surface area contributed by atoms with E-state index in [9.17, 15) is 4.79 Å². The van der Waals surface area contributed by atoms with Crippen molar-refractivity contribution < 1.29 is 9.53 Å². The highest BCUT2D eigenvalue weighted by Gasteiger charge is 2.59. The molecule has 34 heavy (non-hydrogen) atoms. The van der Waals surface area contributed by atoms with Crippen molar-refractivity contribution in [2.24, 2.45) is 46.3 Å². The molecule has 0 aromatic heterocycles. The van der Waals surface area contributed by atoms with Gasteiger partial charge in [0, 0.05) is 13.0 Å². The van der Waals surface area contributed by atoms with E-state index in [0.29, 0.717) is 17.4 Å². The first-order valence-corrected chi connectivity index (χ1v) is 14.8. The highest BCUT2D eigenvalue weighted by molar-refractivity contribution is 5.67. The number of nitrogens with one attached hydrogen (secondary N) is 1. The van der Waals surface area contributed by atoms with Gasteiger partial charge in [-0.05, 0) is 97.7 Å². The second-order valence-corrected chi connectivity index (χ2v) is 13.5. The first kappa shape index (κ1) is 26.1. The van der Waals surface area contributed by atoms with E-state index in [-0.39, 0.29) is 12.2 Å². The van der Waals surface area contributed by atoms with Crippen molar-refractivity contribution in [3.63, 3.8) is 0 Å². The zero-order chi connectivity index (χ0) is 24.5. The van der Waals surface area contributed by atoms with Crippen molar-refractivity contribution in [2.45, 2.75) is 125 Å². The summed E-state index contributed by atoms with van der Waals surface area (Å²) < 4.78 is 5.81. The zero-order valence-electron chi connectivity index (χ0n) is 23.1. The predicted octanol–water partition coefficient (Wildman–Crippen LogP) is 8.53. The number of rotatable bonds is 8. The van der Waals surface area contributed by atoms with Crippen molar-refractivity contribution in [3.05, 3.63) is 11.6 Å². The van der Waals surface area contributed by atoms with Crippen LogP contribution in [0.2, 0.25) is 0 Å². The summed E-state index contributed by atoms with van der Waals surface area (Å²) in [4.78, 5) is 12.1. The standard InChI is InChI=1S/C31H53NO2/c1-7-19-32-29(33)34-24-15-17-30(5)23(20-24)11-12-25-27-14-13-26(22(4)10-8-9-21(2)3)31(27,6)18-16-28(25)30/h11,21-22,24-28H,7-10,12-20H2,1-6H3,(H,32,33)/t22?,24-,25?,26?,27?,28?,30?,31?/m1/s1. The number of fused-ring (bicyclic) bond motifs is 5. The Bertz CT molecular complexity index is 744. The van der Waals surface area contributed by atoms with Gasteiger partial charge in [0.2, 0.25) is 0 Å². The van der Waals surface area contributed by atoms with Crippen molar-refractivity contribution in [1.29, 1.82) is 0 Å². The molecule has 4 rings (SSSR count). The number of ether oxygens (including phenoxy) is 1. The largest absolute Gasteiger partial charge is 0.446 e. The Morgan fingerprint density at radius 1 is 1.09 bits per heavy atom. The SMILES string of the molecule is CCCNC(=O)O[C@@H]1CCC2(C)C(=CCC3C2CCC2(C)C(C(C)CCCC(C)C)CCC32)C1. The van der Waals surface area contributed by atoms with E-state index in [1.54, 1.807) is 5.57 Å². The van der Waals surface area contributed by atoms with Gasteiger partial charge in [-0.1, -0.05) is 72.5 Å². The lowest BCUT2D eigenvalue weighted by molar-refractivity contribution is -0.0581. The van der Waals surface area contributed by atoms with Crippen LogP contribution >= 0.6 is 0 Å². The maximum absolute atomic E-state index is 12.1. The molecular weight excluding hydrogens is 418 g/mol. The lowest BCUT2D eigenvalue weighted by atomic mass is 9.47. The fraction of sp³-hybridized carbons (Fsp3) is 0.903. The molecule has 0 saturated heterocycles. The molecule has 3 saturated carbocycles. The molecule has 0 aromatic rings. The Labute approximate surface area is 210 Å². The van der Waals surface area contributed by atoms with Crippen molar-refractivity contribution >= 4 is 6.09 Å². The van der Waals surface area contributed by atoms with Gasteiger partial charge in [-0.3, -0.25) is 0 Å². The molecule has 0 heterocycles. The zero-order valence-corrected chi connectivity index (χ0v) is 23.1. The summed E-state index contributed by atoms with van der Waals surface area (Å²) in [5.41, 5.74) is 2.48. The first-order chi connectivity index (χ1) is 16.2. The molecule has 1 N–H and O–H groups in total. The molecule has 0 bridgehead atoms. The van der Waals surface area contributed by atoms with Gasteiger partial charge >= 0.3 is 6.09 Å². The Kier molecular flexibility index (Phi) is 8.10. The Hall–Kier alpha value is -0.990. The summed E-state index contributed by atoms with van der Waals surface area (Å²) in [5, 5.41) is 2.89. The van der Waals surface area contributed by atoms with Gasteiger partial charge in [-0.25, -0.2) is 4.79 Å². The second kappa shape index (κ2) is 10.6. The van der Waals surface area contributed by atoms with Gasteiger partial charge in [-0.2, -0.15) is 0 Å². The average molecular weight is 472 g/mol. The summed E-state index contributed by atoms with van der Waals surface area (Å²) in [5.74, 6) is 5.25. The maximum Gasteiger partial charge on any atom is 0.407 e. The van der Waals surface area contributed by atoms with Crippen LogP contribution < -0.4 is 5.32 Å². The highest BCUT2D eigenvalue weighted by atomic mass is 16.6. The Morgan fingerprint density at radius 3 is 2.62 bits per heavy atom. The van der Waals surface area contributed by atoms with Gasteiger partial charge in [0.05, 0.1) is 0 Å². The van der Waals surface area contributed by atoms with E-state index in [2.05, 4.69) is 52.9 Å². The van der Waals surface area contributed by atoms with Gasteiger partial charge in [0.25, 0.3) is 0 Å². The molecule has 3 nitrogen and oxygen atoms in total. The Morgan fingerprint density at radius 2 is 1.88 bits per heavy atom. The van der Waals surface area contributed by atoms with Gasteiger partial charge in [0.1, 0.15) is 6.10 Å². The van der Waals surface area contributed by atoms with Crippen LogP contribution in [0.15, 0.2) is 11.6 Å². The summed E-state index contributed by atoms with van der Waals surface area (Å²) in [6, 6.07) is 0. The predicted molar refractivity (Wildman–Crippen MR) is 142 cm³/mol. The molecule has 0 spiro atoms. The van der Waals surface area contributed by atoms with Gasteiger partial charge < -0.3 is 10.1 Å². The van der Waals surface area contributed by atoms with Crippen LogP contribution in [0.5, 0.6) is 0 Å². The minimum atomic E-state index is -0.224. The van der Waals surface area contributed by atoms with E-state index in [0.717, 1.165) is 54.8 Å². The van der Waals surface area contributed by atoms with Crippen LogP contribution in [0.25, 0.3) is 0 Å². The quantitative estimate of drug-likeness (QED) is 0.360. The molecule has 194 valence electrons. The van der Waals surface area contributed by atoms with Crippen LogP contribution in [0.4, 0.5) is 4.79 Å². The number of alkyl carbamates (subject to hydrolysis) is 1. The summed E-state index contributed by atoms with van der Waals surface area (Å²) in [7, 11) is 0. The van der Waals surface area contributed by atoms with Gasteiger partial charge in [0.15, 0.2) is 0 Å². The van der Waals surface area contributed by atoms with Gasteiger partial charge in [-0.15, -0.1) is 0 Å². The Balaban J connectivity index is 1.41. The molecule has 4 aliphatic rings. The second-order valence-electron chi connectivity index (χ2n) is 13.5. The molecule has 8 atom stereocenters. The lowest BCUT2D eigenvalue weighted by Gasteiger charge is -2.58. The molecule has 3 fully saturated rings. The van der Waals surface area contributed by atoms with Crippen LogP contribution in [0.3, 0.4) is 0 Å². The fourth-order valence-electron chi connectivity index (χ4n) is 9.17. The topological polar surface area (TPSA) is 38.3 Å². The third-order valence-corrected chi connectivity index (χ3v) is 11.1. The van der Waals surface area contributed by atoms with E-state index in [1.165, 1.54) is 57.8 Å². The first-order valence-electron chi connectivity index (χ1n) is 14.8. The van der Waals surface area contributed by atoms with Crippen LogP contribution in [-0.2, 0) is 4.74 Å². The van der Waals surface area contributed by atoms with Crippen molar-refractivity contribution in [1.82, 2.24) is 5.32 Å². The molecule has 7 unspecified atom stereocenters. The van der Waals surface area contributed by atoms with Crippen LogP contribution in [0, 0.1) is 46.3 Å². The van der Waals surface area contributed by atoms with E-state index in [4.69, 9.17) is 4.74 Å². The summed E-state index contributed by atoms with van der Waals surface area (Å²) >= 11 is 0. The summed E-state index contributed by atoms with van der Waals surface area (Å²) in [6.07, 6.45) is 17.8. The minimum Gasteiger partial charge on any atom is -0.446 e. The minimum absolute atomic E-state index is 0.0594. The molecule has 3 heteroatoms. The monoisotopic (exact) mass is 471 g/mol. The number of carbonyl (C=O) groups excluding carboxylic acids is 1. The van der Waals surface area contributed by atoms with E-state index >= 15 is 0 Å². The third kappa shape index (κ3) is 4.96. The molecule has 0 aliphatic heterocycles. The maximum atomic E-state index is 12.1. The van der Waals surface area contributed by atoms with Crippen molar-refractivity contribution in [3.8, 4) is 0 Å². The highest BCUT2D eigenvalue weighted by Crippen LogP contribution is 2.67. The number of allylic oxidation sites excluding steroid dienone is 1. The fourth-order valence-corrected chi connectivity index (χ4v) is 9.17.